The minimum absolute atomic E-state index is 0.0762. The van der Waals surface area contributed by atoms with E-state index in [2.05, 4.69) is 17.0 Å². The first-order valence-corrected chi connectivity index (χ1v) is 12.1. The summed E-state index contributed by atoms with van der Waals surface area (Å²) in [5.41, 5.74) is -0.892. The number of quaternary nitrogens is 1. The van der Waals surface area contributed by atoms with Gasteiger partial charge in [-0.15, -0.1) is 0 Å². The molecule has 172 valence electrons. The van der Waals surface area contributed by atoms with Crippen LogP contribution in [0.1, 0.15) is 56.3 Å². The summed E-state index contributed by atoms with van der Waals surface area (Å²) >= 11 is 0. The Morgan fingerprint density at radius 3 is 2.53 bits per heavy atom. The van der Waals surface area contributed by atoms with E-state index in [0.29, 0.717) is 5.56 Å². The second-order valence-electron chi connectivity index (χ2n) is 9.80. The zero-order chi connectivity index (χ0) is 22.4. The Balaban J connectivity index is 1.40. The number of aromatic nitrogens is 2. The number of hydrogen-bond donors (Lipinski definition) is 1. The number of benzene rings is 1. The minimum atomic E-state index is -1.55. The molecule has 6 heteroatoms. The molecule has 0 amide bonds. The van der Waals surface area contributed by atoms with Gasteiger partial charge in [0.2, 0.25) is 0 Å². The van der Waals surface area contributed by atoms with Gasteiger partial charge >= 0.3 is 5.97 Å². The monoisotopic (exact) mass is 438 g/mol. The fraction of sp³-hybridized carbons (Fsp3) is 0.577. The fourth-order valence-electron chi connectivity index (χ4n) is 5.55. The van der Waals surface area contributed by atoms with Crippen LogP contribution in [-0.2, 0) is 21.6 Å². The first-order chi connectivity index (χ1) is 15.5. The molecule has 2 aliphatic rings. The highest BCUT2D eigenvalue weighted by Gasteiger charge is 2.49. The van der Waals surface area contributed by atoms with Crippen molar-refractivity contribution in [1.82, 2.24) is 9.97 Å². The van der Waals surface area contributed by atoms with Crippen LogP contribution in [0.5, 0.6) is 0 Å². The smallest absolute Gasteiger partial charge is 0.343 e. The first kappa shape index (κ1) is 22.9. The molecule has 2 unspecified atom stereocenters. The van der Waals surface area contributed by atoms with Gasteiger partial charge in [-0.05, 0) is 30.9 Å². The molecule has 0 radical (unpaired) electrons. The Labute approximate surface area is 191 Å². The molecule has 32 heavy (non-hydrogen) atoms. The van der Waals surface area contributed by atoms with Crippen molar-refractivity contribution in [3.8, 4) is 0 Å². The summed E-state index contributed by atoms with van der Waals surface area (Å²) in [5, 5.41) is 11.7. The number of rotatable bonds is 8. The molecule has 4 rings (SSSR count). The molecule has 1 aliphatic carbocycles. The standard InChI is InChI=1S/C26H36N3O3/c1-29(19-8-15-24-27-16-9-17-28-24)18-7-14-23(20-29)32-25(30)26(31,22-12-5-6-13-22)21-10-3-2-4-11-21/h2-4,9-11,16-17,22-23,31H,5-8,12-15,18-20H2,1H3/q+1/t23?,26-,29?/m0/s1. The van der Waals surface area contributed by atoms with E-state index in [1.54, 1.807) is 12.4 Å². The average molecular weight is 439 g/mol. The molecule has 1 N–H and O–H groups in total. The number of aryl methyl sites for hydroxylation is 1. The van der Waals surface area contributed by atoms with Crippen molar-refractivity contribution in [1.29, 1.82) is 0 Å². The minimum Gasteiger partial charge on any atom is -0.454 e. The topological polar surface area (TPSA) is 72.3 Å². The Morgan fingerprint density at radius 1 is 1.09 bits per heavy atom. The summed E-state index contributed by atoms with van der Waals surface area (Å²) in [6, 6.07) is 11.2. The van der Waals surface area contributed by atoms with Crippen LogP contribution in [0.3, 0.4) is 0 Å². The van der Waals surface area contributed by atoms with Gasteiger partial charge in [-0.25, -0.2) is 14.8 Å². The Bertz CT molecular complexity index is 872. The van der Waals surface area contributed by atoms with Gasteiger partial charge in [-0.2, -0.15) is 0 Å². The lowest BCUT2D eigenvalue weighted by Gasteiger charge is -2.42. The average Bonchev–Trinajstić information content (AvgIpc) is 3.35. The molecule has 0 spiro atoms. The van der Waals surface area contributed by atoms with Crippen molar-refractivity contribution < 1.29 is 19.1 Å². The van der Waals surface area contributed by atoms with Crippen LogP contribution < -0.4 is 0 Å². The number of carbonyl (C=O) groups excluding carboxylic acids is 1. The molecule has 1 aliphatic heterocycles. The van der Waals surface area contributed by atoms with Gasteiger partial charge in [-0.3, -0.25) is 0 Å². The predicted octanol–water partition coefficient (Wildman–Crippen LogP) is 3.64. The van der Waals surface area contributed by atoms with E-state index in [1.165, 1.54) is 0 Å². The van der Waals surface area contributed by atoms with Gasteiger partial charge in [0, 0.05) is 37.6 Å². The van der Waals surface area contributed by atoms with E-state index >= 15 is 0 Å². The zero-order valence-electron chi connectivity index (χ0n) is 19.2. The number of aliphatic hydroxyl groups is 1. The number of nitrogens with zero attached hydrogens (tertiary/aromatic N) is 3. The fourth-order valence-corrected chi connectivity index (χ4v) is 5.55. The second kappa shape index (κ2) is 10.1. The molecule has 2 aromatic rings. The zero-order valence-corrected chi connectivity index (χ0v) is 19.2. The second-order valence-corrected chi connectivity index (χ2v) is 9.80. The highest BCUT2D eigenvalue weighted by atomic mass is 16.6. The summed E-state index contributed by atoms with van der Waals surface area (Å²) in [7, 11) is 2.24. The van der Waals surface area contributed by atoms with Crippen molar-refractivity contribution in [3.05, 3.63) is 60.2 Å². The third kappa shape index (κ3) is 5.18. The molecule has 6 nitrogen and oxygen atoms in total. The third-order valence-corrected chi connectivity index (χ3v) is 7.33. The molecular formula is C26H36N3O3+. The van der Waals surface area contributed by atoms with Crippen LogP contribution in [-0.4, -0.2) is 58.3 Å². The molecular weight excluding hydrogens is 402 g/mol. The normalized spacial score (nSPS) is 25.9. The van der Waals surface area contributed by atoms with Crippen molar-refractivity contribution in [2.75, 3.05) is 26.7 Å². The predicted molar refractivity (Wildman–Crippen MR) is 123 cm³/mol. The van der Waals surface area contributed by atoms with Gasteiger partial charge in [-0.1, -0.05) is 43.2 Å². The van der Waals surface area contributed by atoms with Gasteiger partial charge in [0.1, 0.15) is 12.4 Å². The SMILES string of the molecule is C[N+]1(CCCc2ncccn2)CCCC(OC(=O)[C@](O)(c2ccccc2)C2CCCC2)C1. The summed E-state index contributed by atoms with van der Waals surface area (Å²) in [5.74, 6) is 0.336. The van der Waals surface area contributed by atoms with Crippen LogP contribution >= 0.6 is 0 Å². The number of hydrogen-bond acceptors (Lipinski definition) is 5. The summed E-state index contributed by atoms with van der Waals surface area (Å²) in [6.45, 7) is 2.87. The maximum Gasteiger partial charge on any atom is 0.343 e. The Hall–Kier alpha value is -2.31. The number of piperidine rings is 1. The van der Waals surface area contributed by atoms with Crippen molar-refractivity contribution in [2.45, 2.75) is 63.1 Å². The quantitative estimate of drug-likeness (QED) is 0.503. The molecule has 2 fully saturated rings. The third-order valence-electron chi connectivity index (χ3n) is 7.33. The van der Waals surface area contributed by atoms with E-state index in [9.17, 15) is 9.90 Å². The number of esters is 1. The molecule has 1 aromatic carbocycles. The summed E-state index contributed by atoms with van der Waals surface area (Å²) in [4.78, 5) is 22.1. The molecule has 2 heterocycles. The maximum atomic E-state index is 13.4. The summed E-state index contributed by atoms with van der Waals surface area (Å²) < 4.78 is 6.93. The molecule has 1 aromatic heterocycles. The lowest BCUT2D eigenvalue weighted by atomic mass is 9.80. The highest BCUT2D eigenvalue weighted by molar-refractivity contribution is 5.81. The number of likely N-dealkylation sites (tertiary alicyclic amines) is 1. The van der Waals surface area contributed by atoms with Gasteiger partial charge in [0.15, 0.2) is 11.7 Å². The maximum absolute atomic E-state index is 13.4. The molecule has 0 bridgehead atoms. The number of ether oxygens (including phenoxy) is 1. The first-order valence-electron chi connectivity index (χ1n) is 12.1. The van der Waals surface area contributed by atoms with Crippen LogP contribution in [0.2, 0.25) is 0 Å². The molecule has 3 atom stereocenters. The number of carbonyl (C=O) groups is 1. The Morgan fingerprint density at radius 2 is 1.81 bits per heavy atom. The lowest BCUT2D eigenvalue weighted by molar-refractivity contribution is -0.917. The van der Waals surface area contributed by atoms with E-state index in [-0.39, 0.29) is 12.0 Å². The van der Waals surface area contributed by atoms with Gasteiger partial charge in [0.05, 0.1) is 20.1 Å². The molecule has 1 saturated carbocycles. The van der Waals surface area contributed by atoms with Crippen LogP contribution in [0, 0.1) is 5.92 Å². The highest BCUT2D eigenvalue weighted by Crippen LogP contribution is 2.42. The van der Waals surface area contributed by atoms with E-state index in [4.69, 9.17) is 4.74 Å². The van der Waals surface area contributed by atoms with Gasteiger partial charge < -0.3 is 14.3 Å². The molecule has 1 saturated heterocycles. The van der Waals surface area contributed by atoms with Crippen LogP contribution in [0.25, 0.3) is 0 Å². The van der Waals surface area contributed by atoms with Crippen molar-refractivity contribution >= 4 is 5.97 Å². The number of likely N-dealkylation sites (N-methyl/N-ethyl adjacent to an activating group) is 1. The van der Waals surface area contributed by atoms with E-state index in [1.807, 2.05) is 36.4 Å². The largest absolute Gasteiger partial charge is 0.454 e. The van der Waals surface area contributed by atoms with Crippen molar-refractivity contribution in [3.63, 3.8) is 0 Å². The lowest BCUT2D eigenvalue weighted by Crippen LogP contribution is -2.55. The van der Waals surface area contributed by atoms with E-state index < -0.39 is 11.6 Å². The Kier molecular flexibility index (Phi) is 7.21. The van der Waals surface area contributed by atoms with Crippen molar-refractivity contribution in [2.24, 2.45) is 5.92 Å². The van der Waals surface area contributed by atoms with Crippen LogP contribution in [0.15, 0.2) is 48.8 Å². The van der Waals surface area contributed by atoms with Gasteiger partial charge in [0.25, 0.3) is 0 Å². The summed E-state index contributed by atoms with van der Waals surface area (Å²) in [6.07, 6.45) is 11.0. The van der Waals surface area contributed by atoms with Crippen LogP contribution in [0.4, 0.5) is 0 Å². The van der Waals surface area contributed by atoms with E-state index in [0.717, 1.165) is 81.3 Å².